The lowest BCUT2D eigenvalue weighted by atomic mass is 10.5. The van der Waals surface area contributed by atoms with Gasteiger partial charge in [-0.25, -0.2) is 0 Å². The predicted molar refractivity (Wildman–Crippen MR) is 56.8 cm³/mol. The van der Waals surface area contributed by atoms with E-state index in [1.54, 1.807) is 6.20 Å². The summed E-state index contributed by atoms with van der Waals surface area (Å²) in [6, 6.07) is 3.67. The molecule has 1 N–H and O–H groups in total. The summed E-state index contributed by atoms with van der Waals surface area (Å²) in [5, 5.41) is 0. The molecule has 0 radical (unpaired) electrons. The van der Waals surface area contributed by atoms with Crippen molar-refractivity contribution in [3.05, 3.63) is 28.7 Å². The molecule has 1 aromatic heterocycles. The minimum atomic E-state index is -0.457. The summed E-state index contributed by atoms with van der Waals surface area (Å²) in [4.78, 5) is 14.6. The molecule has 0 spiro atoms. The Labute approximate surface area is 76.3 Å². The average Bonchev–Trinajstić information content (AvgIpc) is 2.04. The van der Waals surface area contributed by atoms with Crippen LogP contribution in [0.5, 0.6) is 0 Å². The van der Waals surface area contributed by atoms with Crippen LogP contribution in [0, 0.1) is 0 Å². The molecule has 62 valence electrons. The van der Waals surface area contributed by atoms with Crippen LogP contribution in [0.1, 0.15) is 0 Å². The third-order valence-corrected chi connectivity index (χ3v) is 6.06. The maximum absolute atomic E-state index is 11.1. The zero-order chi connectivity index (χ0) is 8.27. The number of hydrogen-bond donors (Lipinski definition) is 3. The van der Waals surface area contributed by atoms with Crippen LogP contribution in [0.3, 0.4) is 0 Å². The monoisotopic (exact) mass is 207 g/mol. The molecule has 1 unspecified atom stereocenters. The Hall–Kier alpha value is -0.000000000000000222. The number of hydrogen-bond acceptors (Lipinski definition) is 3. The smallest absolute Gasteiger partial charge is 0.260 e. The van der Waals surface area contributed by atoms with E-state index in [0.717, 1.165) is 4.90 Å². The van der Waals surface area contributed by atoms with Gasteiger partial charge in [-0.15, -0.1) is 11.7 Å². The van der Waals surface area contributed by atoms with Crippen LogP contribution in [0.4, 0.5) is 0 Å². The van der Waals surface area contributed by atoms with Gasteiger partial charge < -0.3 is 4.98 Å². The van der Waals surface area contributed by atoms with Crippen LogP contribution < -0.4 is 5.56 Å². The molecule has 1 aromatic rings. The topological polar surface area (TPSA) is 32.9 Å². The lowest BCUT2D eigenvalue weighted by Gasteiger charge is -2.09. The lowest BCUT2D eigenvalue weighted by Crippen LogP contribution is -2.06. The molecule has 1 heterocycles. The number of nitrogens with one attached hydrogen (secondary N) is 1. The van der Waals surface area contributed by atoms with Gasteiger partial charge in [0.25, 0.3) is 5.56 Å². The minimum absolute atomic E-state index is 0.00246. The summed E-state index contributed by atoms with van der Waals surface area (Å²) in [5.41, 5.74) is 0.00246. The summed E-state index contributed by atoms with van der Waals surface area (Å²) in [5.74, 6) is 0. The van der Waals surface area contributed by atoms with E-state index >= 15 is 0 Å². The molecule has 0 saturated heterocycles. The summed E-state index contributed by atoms with van der Waals surface area (Å²) in [6.07, 6.45) is 3.65. The fourth-order valence-corrected chi connectivity index (χ4v) is 2.93. The summed E-state index contributed by atoms with van der Waals surface area (Å²) < 4.78 is 0. The van der Waals surface area contributed by atoms with Gasteiger partial charge in [-0.05, 0) is 28.2 Å². The van der Waals surface area contributed by atoms with Gasteiger partial charge in [0.05, 0.1) is 4.90 Å². The summed E-state index contributed by atoms with van der Waals surface area (Å²) in [7, 11) is 0.974. The Morgan fingerprint density at radius 2 is 2.45 bits per heavy atom. The molecule has 0 saturated carbocycles. The van der Waals surface area contributed by atoms with Crippen LogP contribution in [-0.4, -0.2) is 11.2 Å². The third kappa shape index (κ3) is 2.21. The van der Waals surface area contributed by atoms with E-state index in [-0.39, 0.29) is 5.56 Å². The SMILES string of the molecule is C[SH](SS)c1ccc[nH]c1=O. The fraction of sp³-hybridized carbons (Fsp3) is 0.167. The molecule has 1 atom stereocenters. The standard InChI is InChI=1S/C6H9NOS3/c1-11(10-9)5-3-2-4-7-6(5)8/h2-4,9,11H,1H3,(H,7,8). The maximum Gasteiger partial charge on any atom is 0.260 e. The van der Waals surface area contributed by atoms with Gasteiger partial charge in [-0.2, -0.15) is 9.93 Å². The molecule has 0 amide bonds. The van der Waals surface area contributed by atoms with Crippen molar-refractivity contribution < 1.29 is 0 Å². The fourth-order valence-electron chi connectivity index (χ4n) is 0.705. The highest BCUT2D eigenvalue weighted by Crippen LogP contribution is 2.44. The third-order valence-electron chi connectivity index (χ3n) is 1.26. The van der Waals surface area contributed by atoms with Gasteiger partial charge in [0.2, 0.25) is 0 Å². The molecule has 0 aliphatic rings. The number of H-pyrrole nitrogens is 1. The van der Waals surface area contributed by atoms with Crippen molar-refractivity contribution in [3.8, 4) is 0 Å². The Bertz CT molecular complexity index is 285. The second-order valence-electron chi connectivity index (χ2n) is 1.96. The van der Waals surface area contributed by atoms with Crippen molar-refractivity contribution in [1.82, 2.24) is 4.98 Å². The highest BCUT2D eigenvalue weighted by Gasteiger charge is 2.02. The first-order valence-corrected chi connectivity index (χ1v) is 7.25. The molecule has 0 aliphatic carbocycles. The number of thiol groups is 2. The Kier molecular flexibility index (Phi) is 3.42. The molecule has 0 aromatic carbocycles. The number of pyridine rings is 1. The highest BCUT2D eigenvalue weighted by molar-refractivity contribution is 9.10. The van der Waals surface area contributed by atoms with Crippen molar-refractivity contribution in [2.45, 2.75) is 4.90 Å². The van der Waals surface area contributed by atoms with Gasteiger partial charge in [-0.1, -0.05) is 0 Å². The molecule has 0 bridgehead atoms. The molecular weight excluding hydrogens is 198 g/mol. The van der Waals surface area contributed by atoms with Gasteiger partial charge >= 0.3 is 0 Å². The molecule has 5 heteroatoms. The van der Waals surface area contributed by atoms with Crippen molar-refractivity contribution in [2.24, 2.45) is 0 Å². The largest absolute Gasteiger partial charge is 0.328 e. The molecule has 0 aliphatic heterocycles. The first kappa shape index (κ1) is 9.09. The molecule has 2 nitrogen and oxygen atoms in total. The van der Waals surface area contributed by atoms with Crippen molar-refractivity contribution in [3.63, 3.8) is 0 Å². The van der Waals surface area contributed by atoms with E-state index in [1.165, 1.54) is 9.83 Å². The van der Waals surface area contributed by atoms with E-state index in [9.17, 15) is 4.79 Å². The van der Waals surface area contributed by atoms with Gasteiger partial charge in [0.1, 0.15) is 0 Å². The maximum atomic E-state index is 11.1. The molecular formula is C6H9NOS3. The quantitative estimate of drug-likeness (QED) is 0.511. The number of aromatic nitrogens is 1. The van der Waals surface area contributed by atoms with Crippen molar-refractivity contribution in [1.29, 1.82) is 0 Å². The molecule has 11 heavy (non-hydrogen) atoms. The van der Waals surface area contributed by atoms with Crippen LogP contribution in [-0.2, 0) is 0 Å². The van der Waals surface area contributed by atoms with Crippen molar-refractivity contribution in [2.75, 3.05) is 6.26 Å². The zero-order valence-corrected chi connectivity index (χ0v) is 8.55. The second kappa shape index (κ2) is 4.13. The zero-order valence-electron chi connectivity index (χ0n) is 5.94. The van der Waals surface area contributed by atoms with Gasteiger partial charge in [0.15, 0.2) is 0 Å². The normalized spacial score (nSPS) is 14.5. The first-order valence-electron chi connectivity index (χ1n) is 2.98. The minimum Gasteiger partial charge on any atom is -0.328 e. The van der Waals surface area contributed by atoms with Crippen molar-refractivity contribution >= 4 is 31.4 Å². The van der Waals surface area contributed by atoms with Crippen LogP contribution >= 0.6 is 31.4 Å². The van der Waals surface area contributed by atoms with E-state index in [2.05, 4.69) is 16.6 Å². The van der Waals surface area contributed by atoms with E-state index < -0.39 is 9.93 Å². The van der Waals surface area contributed by atoms with E-state index in [0.29, 0.717) is 0 Å². The Morgan fingerprint density at radius 3 is 3.00 bits per heavy atom. The number of rotatable bonds is 2. The highest BCUT2D eigenvalue weighted by atomic mass is 33.5. The van der Waals surface area contributed by atoms with E-state index in [4.69, 9.17) is 0 Å². The second-order valence-corrected chi connectivity index (χ2v) is 7.21. The Morgan fingerprint density at radius 1 is 1.73 bits per heavy atom. The van der Waals surface area contributed by atoms with Crippen LogP contribution in [0.2, 0.25) is 0 Å². The van der Waals surface area contributed by atoms with Gasteiger partial charge in [-0.3, -0.25) is 4.79 Å². The lowest BCUT2D eigenvalue weighted by molar-refractivity contribution is 1.14. The molecule has 1 rings (SSSR count). The first-order chi connectivity index (χ1) is 5.25. The van der Waals surface area contributed by atoms with E-state index in [1.807, 2.05) is 18.4 Å². The molecule has 0 fully saturated rings. The van der Waals surface area contributed by atoms with Crippen LogP contribution in [0.15, 0.2) is 28.0 Å². The van der Waals surface area contributed by atoms with Gasteiger partial charge in [0, 0.05) is 6.20 Å². The number of aromatic amines is 1. The predicted octanol–water partition coefficient (Wildman–Crippen LogP) is 1.86. The summed E-state index contributed by atoms with van der Waals surface area (Å²) >= 11 is 4.07. The average molecular weight is 207 g/mol. The Balaban J connectivity index is 3.03. The van der Waals surface area contributed by atoms with Crippen LogP contribution in [0.25, 0.3) is 0 Å². The summed E-state index contributed by atoms with van der Waals surface area (Å²) in [6.45, 7) is 0.